The second kappa shape index (κ2) is 2.96. The third-order valence-corrected chi connectivity index (χ3v) is 3.10. The van der Waals surface area contributed by atoms with E-state index >= 15 is 0 Å². The maximum Gasteiger partial charge on any atom is 0.0533 e. The molecular weight excluding hydrogens is 155 g/mol. The molecule has 0 N–H and O–H groups in total. The molecule has 2 heterocycles. The molecular formula is C9H17FN2. The quantitative estimate of drug-likeness (QED) is 0.550. The summed E-state index contributed by atoms with van der Waals surface area (Å²) < 4.78 is 13.1. The first kappa shape index (κ1) is 8.45. The van der Waals surface area contributed by atoms with Gasteiger partial charge in [-0.3, -0.25) is 4.90 Å². The number of hydrogen-bond donors (Lipinski definition) is 0. The highest BCUT2D eigenvalue weighted by Crippen LogP contribution is 2.30. The van der Waals surface area contributed by atoms with Gasteiger partial charge in [-0.15, -0.1) is 9.60 Å². The highest BCUT2D eigenvalue weighted by molar-refractivity contribution is 4.90. The molecule has 2 bridgehead atoms. The molecule has 2 fully saturated rings. The van der Waals surface area contributed by atoms with Crippen molar-refractivity contribution in [3.63, 3.8) is 0 Å². The third-order valence-electron chi connectivity index (χ3n) is 3.10. The normalized spacial score (nSPS) is 38.0. The van der Waals surface area contributed by atoms with Crippen molar-refractivity contribution >= 4 is 0 Å². The zero-order valence-electron chi connectivity index (χ0n) is 7.83. The maximum absolute atomic E-state index is 13.1. The minimum absolute atomic E-state index is 0.186. The topological polar surface area (TPSA) is 6.48 Å². The smallest absolute Gasteiger partial charge is 0.0533 e. The van der Waals surface area contributed by atoms with Gasteiger partial charge in [0.15, 0.2) is 0 Å². The molecule has 12 heavy (non-hydrogen) atoms. The van der Waals surface area contributed by atoms with Crippen LogP contribution in [0.2, 0.25) is 0 Å². The van der Waals surface area contributed by atoms with E-state index in [0.29, 0.717) is 18.5 Å². The third kappa shape index (κ3) is 1.36. The Morgan fingerprint density at radius 1 is 1.25 bits per heavy atom. The summed E-state index contributed by atoms with van der Waals surface area (Å²) in [6.07, 6.45) is 1.07. The summed E-state index contributed by atoms with van der Waals surface area (Å²) in [6.45, 7) is 7.05. The van der Waals surface area contributed by atoms with Crippen LogP contribution in [-0.2, 0) is 0 Å². The number of fused-ring (bicyclic) bond motifs is 2. The van der Waals surface area contributed by atoms with E-state index in [-0.39, 0.29) is 6.04 Å². The molecule has 2 nitrogen and oxygen atoms in total. The van der Waals surface area contributed by atoms with E-state index in [1.54, 1.807) is 0 Å². The zero-order chi connectivity index (χ0) is 8.72. The Hall–Kier alpha value is -0.150. The zero-order valence-corrected chi connectivity index (χ0v) is 7.83. The van der Waals surface area contributed by atoms with Crippen LogP contribution in [0.1, 0.15) is 20.3 Å². The van der Waals surface area contributed by atoms with Crippen LogP contribution in [0.5, 0.6) is 0 Å². The number of likely N-dealkylation sites (tertiary alicyclic amines) is 1. The van der Waals surface area contributed by atoms with Gasteiger partial charge in [0.1, 0.15) is 0 Å². The molecule has 0 spiro atoms. The summed E-state index contributed by atoms with van der Waals surface area (Å²) >= 11 is 0. The second-order valence-electron chi connectivity index (χ2n) is 4.39. The van der Waals surface area contributed by atoms with E-state index in [2.05, 4.69) is 18.7 Å². The fraction of sp³-hybridized carbons (Fsp3) is 1.00. The lowest BCUT2D eigenvalue weighted by atomic mass is 9.99. The second-order valence-corrected chi connectivity index (χ2v) is 4.39. The monoisotopic (exact) mass is 172 g/mol. The first-order chi connectivity index (χ1) is 5.66. The Morgan fingerprint density at radius 2 is 2.00 bits per heavy atom. The van der Waals surface area contributed by atoms with Gasteiger partial charge in [0, 0.05) is 25.7 Å². The van der Waals surface area contributed by atoms with E-state index in [4.69, 9.17) is 0 Å². The van der Waals surface area contributed by atoms with Crippen molar-refractivity contribution in [3.8, 4) is 0 Å². The van der Waals surface area contributed by atoms with E-state index < -0.39 is 0 Å². The summed E-state index contributed by atoms with van der Waals surface area (Å²) in [5, 5.41) is 1.03. The fourth-order valence-corrected chi connectivity index (χ4v) is 2.36. The lowest BCUT2D eigenvalue weighted by Gasteiger charge is -2.34. The minimum Gasteiger partial charge on any atom is -0.299 e. The predicted octanol–water partition coefficient (Wildman–Crippen LogP) is 1.29. The van der Waals surface area contributed by atoms with E-state index in [1.807, 2.05) is 0 Å². The van der Waals surface area contributed by atoms with Crippen LogP contribution in [0.4, 0.5) is 4.48 Å². The minimum atomic E-state index is 0.186. The summed E-state index contributed by atoms with van der Waals surface area (Å²) in [4.78, 5) is 2.39. The average Bonchev–Trinajstić information content (AvgIpc) is 2.26. The molecule has 70 valence electrons. The van der Waals surface area contributed by atoms with Gasteiger partial charge in [0.25, 0.3) is 0 Å². The maximum atomic E-state index is 13.1. The number of piperidine rings is 1. The number of hydrogen-bond acceptors (Lipinski definition) is 2. The summed E-state index contributed by atoms with van der Waals surface area (Å²) in [7, 11) is 0. The molecule has 0 amide bonds. The Kier molecular flexibility index (Phi) is 2.09. The largest absolute Gasteiger partial charge is 0.299 e. The van der Waals surface area contributed by atoms with Gasteiger partial charge < -0.3 is 0 Å². The average molecular weight is 172 g/mol. The van der Waals surface area contributed by atoms with Gasteiger partial charge in [-0.1, -0.05) is 0 Å². The van der Waals surface area contributed by atoms with Crippen LogP contribution in [0.15, 0.2) is 0 Å². The SMILES string of the molecule is CC(C)N1CC2CC(C1)N(F)C2. The summed E-state index contributed by atoms with van der Waals surface area (Å²) in [6, 6.07) is 0.757. The molecule has 3 heteroatoms. The molecule has 2 rings (SSSR count). The predicted molar refractivity (Wildman–Crippen MR) is 46.4 cm³/mol. The summed E-state index contributed by atoms with van der Waals surface area (Å²) in [5.74, 6) is 0.580. The first-order valence-corrected chi connectivity index (χ1v) is 4.83. The van der Waals surface area contributed by atoms with Gasteiger partial charge in [-0.25, -0.2) is 0 Å². The van der Waals surface area contributed by atoms with Crippen molar-refractivity contribution in [2.75, 3.05) is 19.6 Å². The standard InChI is InChI=1S/C9H17FN2/c1-7(2)11-4-8-3-9(6-11)12(10)5-8/h7-9H,3-6H2,1-2H3. The fourth-order valence-electron chi connectivity index (χ4n) is 2.36. The van der Waals surface area contributed by atoms with Crippen molar-refractivity contribution in [2.45, 2.75) is 32.4 Å². The molecule has 2 aliphatic heterocycles. The molecule has 2 aliphatic rings. The Morgan fingerprint density at radius 3 is 2.58 bits per heavy atom. The van der Waals surface area contributed by atoms with Crippen LogP contribution >= 0.6 is 0 Å². The Labute approximate surface area is 73.3 Å². The molecule has 0 saturated carbocycles. The van der Waals surface area contributed by atoms with Gasteiger partial charge in [-0.2, -0.15) is 0 Å². The van der Waals surface area contributed by atoms with Crippen LogP contribution in [-0.4, -0.2) is 41.7 Å². The van der Waals surface area contributed by atoms with Gasteiger partial charge in [0.2, 0.25) is 0 Å². The van der Waals surface area contributed by atoms with Gasteiger partial charge in [-0.05, 0) is 26.2 Å². The lowest BCUT2D eigenvalue weighted by Crippen LogP contribution is -2.44. The number of nitrogens with zero attached hydrogens (tertiary/aromatic N) is 2. The van der Waals surface area contributed by atoms with Gasteiger partial charge >= 0.3 is 0 Å². The first-order valence-electron chi connectivity index (χ1n) is 4.83. The van der Waals surface area contributed by atoms with E-state index in [9.17, 15) is 4.48 Å². The highest BCUT2D eigenvalue weighted by atomic mass is 19.2. The van der Waals surface area contributed by atoms with Crippen molar-refractivity contribution in [1.82, 2.24) is 10.0 Å². The molecule has 0 aromatic rings. The van der Waals surface area contributed by atoms with Gasteiger partial charge in [0.05, 0.1) is 6.04 Å². The van der Waals surface area contributed by atoms with E-state index in [0.717, 1.165) is 24.6 Å². The van der Waals surface area contributed by atoms with Crippen molar-refractivity contribution in [1.29, 1.82) is 0 Å². The number of halogens is 1. The van der Waals surface area contributed by atoms with Crippen LogP contribution in [0.25, 0.3) is 0 Å². The molecule has 0 aromatic carbocycles. The molecule has 0 aliphatic carbocycles. The van der Waals surface area contributed by atoms with Crippen LogP contribution < -0.4 is 0 Å². The number of rotatable bonds is 1. The summed E-state index contributed by atoms with van der Waals surface area (Å²) in [5.41, 5.74) is 0. The lowest BCUT2D eigenvalue weighted by molar-refractivity contribution is 0.00114. The van der Waals surface area contributed by atoms with Crippen molar-refractivity contribution < 1.29 is 4.48 Å². The molecule has 2 unspecified atom stereocenters. The highest BCUT2D eigenvalue weighted by Gasteiger charge is 2.39. The Bertz CT molecular complexity index is 170. The van der Waals surface area contributed by atoms with Crippen LogP contribution in [0, 0.1) is 5.92 Å². The Balaban J connectivity index is 2.01. The molecule has 2 saturated heterocycles. The molecule has 0 radical (unpaired) electrons. The van der Waals surface area contributed by atoms with E-state index in [1.165, 1.54) is 0 Å². The van der Waals surface area contributed by atoms with Crippen molar-refractivity contribution in [2.24, 2.45) is 5.92 Å². The molecule has 0 aromatic heterocycles. The van der Waals surface area contributed by atoms with Crippen molar-refractivity contribution in [3.05, 3.63) is 0 Å². The molecule has 2 atom stereocenters. The van der Waals surface area contributed by atoms with Crippen LogP contribution in [0.3, 0.4) is 0 Å².